The summed E-state index contributed by atoms with van der Waals surface area (Å²) >= 11 is 8.36. The van der Waals surface area contributed by atoms with Crippen molar-refractivity contribution in [2.24, 2.45) is 0 Å². The van der Waals surface area contributed by atoms with Crippen LogP contribution in [0.25, 0.3) is 10.9 Å². The largest absolute Gasteiger partial charge is 0.325 e. The van der Waals surface area contributed by atoms with E-state index in [0.717, 1.165) is 32.3 Å². The van der Waals surface area contributed by atoms with Gasteiger partial charge in [0.25, 0.3) is 0 Å². The van der Waals surface area contributed by atoms with Crippen molar-refractivity contribution in [2.45, 2.75) is 17.8 Å². The number of H-pyrrole nitrogens is 1. The zero-order chi connectivity index (χ0) is 15.8. The molecule has 1 spiro atoms. The Labute approximate surface area is 150 Å². The fourth-order valence-corrected chi connectivity index (χ4v) is 4.55. The van der Waals surface area contributed by atoms with Crippen LogP contribution in [0.1, 0.15) is 23.5 Å². The number of anilines is 1. The number of aromatic nitrogens is 2. The first-order valence-electron chi connectivity index (χ1n) is 7.34. The fourth-order valence-electron chi connectivity index (χ4n) is 3.79. The standard InChI is InChI=1S/C17H11ClIN3O/c18-9-2-4-13-11(6-9)17(16(23)20-13)7-12(17)8-1-3-10-14(5-8)21-22-15(10)19/h1-6,12H,7H2,(H,20,23)(H,21,22). The van der Waals surface area contributed by atoms with Crippen molar-refractivity contribution in [1.29, 1.82) is 0 Å². The zero-order valence-electron chi connectivity index (χ0n) is 11.9. The number of nitrogens with zero attached hydrogens (tertiary/aromatic N) is 1. The van der Waals surface area contributed by atoms with Crippen molar-refractivity contribution in [3.63, 3.8) is 0 Å². The van der Waals surface area contributed by atoms with Crippen LogP contribution in [0.15, 0.2) is 36.4 Å². The van der Waals surface area contributed by atoms with Gasteiger partial charge in [-0.25, -0.2) is 0 Å². The minimum absolute atomic E-state index is 0.0825. The molecule has 5 rings (SSSR count). The normalized spacial score (nSPS) is 25.0. The SMILES string of the molecule is O=C1Nc2ccc(Cl)cc2C12CC2c1ccc2c(I)n[nH]c2c1. The van der Waals surface area contributed by atoms with Gasteiger partial charge in [-0.1, -0.05) is 17.7 Å². The minimum Gasteiger partial charge on any atom is -0.325 e. The van der Waals surface area contributed by atoms with Crippen molar-refractivity contribution in [1.82, 2.24) is 10.2 Å². The second kappa shape index (κ2) is 4.48. The van der Waals surface area contributed by atoms with Crippen LogP contribution < -0.4 is 5.32 Å². The molecule has 1 aromatic heterocycles. The van der Waals surface area contributed by atoms with Gasteiger partial charge >= 0.3 is 0 Å². The summed E-state index contributed by atoms with van der Waals surface area (Å²) in [6.07, 6.45) is 0.822. The Morgan fingerprint density at radius 1 is 1.26 bits per heavy atom. The maximum Gasteiger partial charge on any atom is 0.235 e. The lowest BCUT2D eigenvalue weighted by molar-refractivity contribution is -0.118. The monoisotopic (exact) mass is 435 g/mol. The Morgan fingerprint density at radius 2 is 2.13 bits per heavy atom. The fraction of sp³-hybridized carbons (Fsp3) is 0.176. The van der Waals surface area contributed by atoms with Crippen molar-refractivity contribution < 1.29 is 4.79 Å². The van der Waals surface area contributed by atoms with Gasteiger partial charge in [-0.15, -0.1) is 0 Å². The molecule has 23 heavy (non-hydrogen) atoms. The number of aromatic amines is 1. The molecule has 0 bridgehead atoms. The van der Waals surface area contributed by atoms with Crippen LogP contribution in [-0.2, 0) is 10.2 Å². The Morgan fingerprint density at radius 3 is 3.00 bits per heavy atom. The highest BCUT2D eigenvalue weighted by Crippen LogP contribution is 2.65. The zero-order valence-corrected chi connectivity index (χ0v) is 14.8. The van der Waals surface area contributed by atoms with Crippen LogP contribution in [0.5, 0.6) is 0 Å². The third-order valence-corrected chi connectivity index (χ3v) is 6.08. The highest BCUT2D eigenvalue weighted by molar-refractivity contribution is 14.1. The summed E-state index contributed by atoms with van der Waals surface area (Å²) in [7, 11) is 0. The van der Waals surface area contributed by atoms with E-state index in [2.05, 4.69) is 56.3 Å². The average molecular weight is 436 g/mol. The lowest BCUT2D eigenvalue weighted by Crippen LogP contribution is -2.20. The molecule has 1 saturated carbocycles. The smallest absolute Gasteiger partial charge is 0.235 e. The Bertz CT molecular complexity index is 999. The Kier molecular flexibility index (Phi) is 2.69. The van der Waals surface area contributed by atoms with Crippen LogP contribution >= 0.6 is 34.2 Å². The maximum absolute atomic E-state index is 12.6. The number of carbonyl (C=O) groups excluding carboxylic acids is 1. The first kappa shape index (κ1) is 13.8. The highest BCUT2D eigenvalue weighted by Gasteiger charge is 2.65. The van der Waals surface area contributed by atoms with E-state index in [0.29, 0.717) is 5.02 Å². The molecular formula is C17H11ClIN3O. The molecule has 3 aromatic rings. The van der Waals surface area contributed by atoms with Gasteiger partial charge in [0.2, 0.25) is 5.91 Å². The van der Waals surface area contributed by atoms with Crippen LogP contribution in [0.4, 0.5) is 5.69 Å². The van der Waals surface area contributed by atoms with Gasteiger partial charge in [0, 0.05) is 22.0 Å². The predicted octanol–water partition coefficient (Wildman–Crippen LogP) is 4.20. The second-order valence-corrected chi connectivity index (χ2v) is 7.65. The topological polar surface area (TPSA) is 57.8 Å². The van der Waals surface area contributed by atoms with Gasteiger partial charge in [-0.3, -0.25) is 9.89 Å². The summed E-state index contributed by atoms with van der Waals surface area (Å²) in [5, 5.41) is 12.1. The summed E-state index contributed by atoms with van der Waals surface area (Å²) in [6, 6.07) is 11.9. The van der Waals surface area contributed by atoms with Crippen LogP contribution in [-0.4, -0.2) is 16.1 Å². The van der Waals surface area contributed by atoms with E-state index in [1.165, 1.54) is 5.56 Å². The van der Waals surface area contributed by atoms with Gasteiger partial charge in [0.05, 0.1) is 10.9 Å². The molecule has 2 unspecified atom stereocenters. The molecule has 1 aliphatic heterocycles. The van der Waals surface area contributed by atoms with Crippen molar-refractivity contribution in [2.75, 3.05) is 5.32 Å². The Balaban J connectivity index is 1.62. The second-order valence-electron chi connectivity index (χ2n) is 6.19. The number of nitrogens with one attached hydrogen (secondary N) is 2. The molecule has 1 aliphatic carbocycles. The molecule has 2 heterocycles. The molecule has 2 aromatic carbocycles. The van der Waals surface area contributed by atoms with E-state index in [-0.39, 0.29) is 11.8 Å². The van der Waals surface area contributed by atoms with E-state index < -0.39 is 5.41 Å². The number of amides is 1. The number of hydrogen-bond donors (Lipinski definition) is 2. The van der Waals surface area contributed by atoms with Crippen molar-refractivity contribution in [3.05, 3.63) is 56.2 Å². The van der Waals surface area contributed by atoms with Crippen LogP contribution in [0.2, 0.25) is 5.02 Å². The number of benzene rings is 2. The first-order valence-corrected chi connectivity index (χ1v) is 8.80. The quantitative estimate of drug-likeness (QED) is 0.563. The molecule has 2 atom stereocenters. The number of hydrogen-bond acceptors (Lipinski definition) is 2. The Hall–Kier alpha value is -1.60. The van der Waals surface area contributed by atoms with Crippen LogP contribution in [0.3, 0.4) is 0 Å². The maximum atomic E-state index is 12.6. The number of halogens is 2. The van der Waals surface area contributed by atoms with Gasteiger partial charge < -0.3 is 5.32 Å². The third-order valence-electron chi connectivity index (χ3n) is 5.02. The third kappa shape index (κ3) is 1.77. The molecular weight excluding hydrogens is 425 g/mol. The predicted molar refractivity (Wildman–Crippen MR) is 97.9 cm³/mol. The van der Waals surface area contributed by atoms with E-state index >= 15 is 0 Å². The molecule has 1 fully saturated rings. The number of fused-ring (bicyclic) bond motifs is 3. The molecule has 6 heteroatoms. The lowest BCUT2D eigenvalue weighted by atomic mass is 9.92. The van der Waals surface area contributed by atoms with Crippen molar-refractivity contribution >= 4 is 56.7 Å². The van der Waals surface area contributed by atoms with Gasteiger partial charge in [0.15, 0.2) is 0 Å². The summed E-state index contributed by atoms with van der Waals surface area (Å²) in [5.74, 6) is 0.270. The summed E-state index contributed by atoms with van der Waals surface area (Å²) in [4.78, 5) is 12.6. The molecule has 4 nitrogen and oxygen atoms in total. The van der Waals surface area contributed by atoms with Gasteiger partial charge in [-0.05, 0) is 70.5 Å². The van der Waals surface area contributed by atoms with Gasteiger partial charge in [0.1, 0.15) is 3.70 Å². The summed E-state index contributed by atoms with van der Waals surface area (Å²) < 4.78 is 0.963. The van der Waals surface area contributed by atoms with Gasteiger partial charge in [-0.2, -0.15) is 5.10 Å². The number of carbonyl (C=O) groups is 1. The van der Waals surface area contributed by atoms with E-state index in [1.54, 1.807) is 0 Å². The number of rotatable bonds is 1. The molecule has 0 radical (unpaired) electrons. The van der Waals surface area contributed by atoms with E-state index in [1.807, 2.05) is 18.2 Å². The van der Waals surface area contributed by atoms with Crippen LogP contribution in [0, 0.1) is 3.70 Å². The van der Waals surface area contributed by atoms with Crippen molar-refractivity contribution in [3.8, 4) is 0 Å². The summed E-state index contributed by atoms with van der Waals surface area (Å²) in [5.41, 5.74) is 3.64. The average Bonchev–Trinajstić information content (AvgIpc) is 3.12. The molecule has 114 valence electrons. The first-order chi connectivity index (χ1) is 11.1. The lowest BCUT2D eigenvalue weighted by Gasteiger charge is -2.09. The molecule has 2 N–H and O–H groups in total. The molecule has 2 aliphatic rings. The minimum atomic E-state index is -0.457. The summed E-state index contributed by atoms with van der Waals surface area (Å²) in [6.45, 7) is 0. The highest BCUT2D eigenvalue weighted by atomic mass is 127. The molecule has 1 amide bonds. The van der Waals surface area contributed by atoms with E-state index in [4.69, 9.17) is 11.6 Å². The molecule has 0 saturated heterocycles. The van der Waals surface area contributed by atoms with E-state index in [9.17, 15) is 4.79 Å².